The van der Waals surface area contributed by atoms with Crippen LogP contribution in [0.5, 0.6) is 0 Å². The fraction of sp³-hybridized carbons (Fsp3) is 0.333. The second-order valence-electron chi connectivity index (χ2n) is 12.1. The van der Waals surface area contributed by atoms with Crippen LogP contribution < -0.4 is 15.9 Å². The quantitative estimate of drug-likeness (QED) is 0.166. The molecule has 0 saturated carbocycles. The van der Waals surface area contributed by atoms with Gasteiger partial charge in [-0.3, -0.25) is 9.47 Å². The molecule has 264 valence electrons. The van der Waals surface area contributed by atoms with Crippen LogP contribution in [0.4, 0.5) is 37.4 Å². The van der Waals surface area contributed by atoms with Crippen molar-refractivity contribution in [2.24, 2.45) is 0 Å². The summed E-state index contributed by atoms with van der Waals surface area (Å²) in [6.45, 7) is 2.97. The number of piperazine rings is 1. The van der Waals surface area contributed by atoms with Gasteiger partial charge in [0.25, 0.3) is 0 Å². The standard InChI is InChI=1S/C33H29ClF5N5O5S/c1-16-11-42(12-17(2)44(16)32(47)48)29-21-8-22(33(37,38)39)26(20-9-23(34)25(36)10-24(20)35)28-27(21)43(30(45)41-29)13-19(15-50-28)40-31(46)49-14-18-6-4-3-5-7-18/h3-10,16-17,19H,11-15H2,1-2H3,(H,40,46)(H,47,48)/t16-,17+,19-/m0/s1. The Hall–Kier alpha value is -4.57. The van der Waals surface area contributed by atoms with Crippen LogP contribution in [0, 0.1) is 11.6 Å². The summed E-state index contributed by atoms with van der Waals surface area (Å²) in [5.41, 5.74) is -2.77. The zero-order valence-corrected chi connectivity index (χ0v) is 28.0. The van der Waals surface area contributed by atoms with Crippen molar-refractivity contribution in [2.45, 2.75) is 56.2 Å². The molecule has 6 rings (SSSR count). The summed E-state index contributed by atoms with van der Waals surface area (Å²) in [4.78, 5) is 45.4. The number of rotatable bonds is 5. The molecule has 3 heterocycles. The number of nitrogens with one attached hydrogen (secondary N) is 1. The third-order valence-electron chi connectivity index (χ3n) is 8.59. The Balaban J connectivity index is 1.52. The van der Waals surface area contributed by atoms with Crippen molar-refractivity contribution in [3.8, 4) is 11.1 Å². The molecule has 2 N–H and O–H groups in total. The van der Waals surface area contributed by atoms with E-state index in [1.807, 2.05) is 0 Å². The van der Waals surface area contributed by atoms with Gasteiger partial charge in [0, 0.05) is 52.9 Å². The molecule has 0 unspecified atom stereocenters. The van der Waals surface area contributed by atoms with Crippen LogP contribution in [-0.4, -0.2) is 68.7 Å². The maximum Gasteiger partial charge on any atom is 0.417 e. The zero-order valence-electron chi connectivity index (χ0n) is 26.4. The second-order valence-corrected chi connectivity index (χ2v) is 13.5. The molecule has 1 fully saturated rings. The number of alkyl carbamates (subject to hydrolysis) is 1. The number of halogens is 6. The summed E-state index contributed by atoms with van der Waals surface area (Å²) in [7, 11) is 0. The first-order valence-corrected chi connectivity index (χ1v) is 16.7. The molecule has 1 aromatic heterocycles. The summed E-state index contributed by atoms with van der Waals surface area (Å²) in [5.74, 6) is -2.68. The maximum atomic E-state index is 15.4. The molecule has 2 amide bonds. The fourth-order valence-corrected chi connectivity index (χ4v) is 7.94. The van der Waals surface area contributed by atoms with Gasteiger partial charge >= 0.3 is 24.1 Å². The summed E-state index contributed by atoms with van der Waals surface area (Å²) in [5, 5.41) is 11.6. The van der Waals surface area contributed by atoms with Crippen LogP contribution in [0.15, 0.2) is 58.2 Å². The molecular weight excluding hydrogens is 709 g/mol. The van der Waals surface area contributed by atoms with Crippen LogP contribution in [0.2, 0.25) is 5.02 Å². The van der Waals surface area contributed by atoms with Crippen LogP contribution >= 0.6 is 23.4 Å². The van der Waals surface area contributed by atoms with Crippen molar-refractivity contribution < 1.29 is 41.4 Å². The molecule has 1 saturated heterocycles. The zero-order chi connectivity index (χ0) is 36.1. The van der Waals surface area contributed by atoms with Crippen molar-refractivity contribution in [1.29, 1.82) is 0 Å². The first-order valence-electron chi connectivity index (χ1n) is 15.3. The van der Waals surface area contributed by atoms with Crippen molar-refractivity contribution in [2.75, 3.05) is 23.7 Å². The molecule has 0 radical (unpaired) electrons. The van der Waals surface area contributed by atoms with E-state index >= 15 is 17.6 Å². The number of thioether (sulfide) groups is 1. The minimum atomic E-state index is -5.08. The molecule has 50 heavy (non-hydrogen) atoms. The SMILES string of the molecule is C[C@@H]1CN(c2nc(=O)n3c4c(c(-c5cc(Cl)c(F)cc5F)c(C(F)(F)F)cc24)SC[C@@H](NC(=O)OCc2ccccc2)C3)C[C@H](C)N1C(=O)O. The molecule has 0 aliphatic carbocycles. The van der Waals surface area contributed by atoms with Gasteiger partial charge < -0.3 is 20.1 Å². The van der Waals surface area contributed by atoms with Crippen molar-refractivity contribution in [1.82, 2.24) is 19.8 Å². The van der Waals surface area contributed by atoms with Crippen molar-refractivity contribution in [3.05, 3.63) is 86.8 Å². The Morgan fingerprint density at radius 1 is 1.06 bits per heavy atom. The normalized spacial score (nSPS) is 19.3. The largest absolute Gasteiger partial charge is 0.465 e. The van der Waals surface area contributed by atoms with E-state index in [9.17, 15) is 23.9 Å². The van der Waals surface area contributed by atoms with Crippen molar-refractivity contribution >= 4 is 52.3 Å². The highest BCUT2D eigenvalue weighted by atomic mass is 35.5. The third kappa shape index (κ3) is 6.77. The number of carbonyl (C=O) groups is 2. The Labute approximate surface area is 290 Å². The lowest BCUT2D eigenvalue weighted by Gasteiger charge is -2.43. The minimum absolute atomic E-state index is 0.00735. The van der Waals surface area contributed by atoms with Crippen LogP contribution in [0.3, 0.4) is 0 Å². The highest BCUT2D eigenvalue weighted by molar-refractivity contribution is 7.99. The molecule has 2 aliphatic rings. The lowest BCUT2D eigenvalue weighted by Crippen LogP contribution is -2.58. The number of nitrogens with zero attached hydrogens (tertiary/aromatic N) is 4. The van der Waals surface area contributed by atoms with E-state index in [1.54, 1.807) is 49.1 Å². The monoisotopic (exact) mass is 737 g/mol. The number of hydrogen-bond acceptors (Lipinski definition) is 7. The van der Waals surface area contributed by atoms with E-state index in [-0.39, 0.29) is 53.6 Å². The van der Waals surface area contributed by atoms with E-state index in [1.165, 1.54) is 4.90 Å². The van der Waals surface area contributed by atoms with E-state index in [4.69, 9.17) is 16.3 Å². The predicted octanol–water partition coefficient (Wildman–Crippen LogP) is 6.99. The van der Waals surface area contributed by atoms with Gasteiger partial charge in [-0.2, -0.15) is 18.2 Å². The summed E-state index contributed by atoms with van der Waals surface area (Å²) < 4.78 is 81.2. The summed E-state index contributed by atoms with van der Waals surface area (Å²) >= 11 is 6.79. The Kier molecular flexibility index (Phi) is 9.61. The second kappa shape index (κ2) is 13.6. The third-order valence-corrected chi connectivity index (χ3v) is 10.1. The number of aromatic nitrogens is 2. The average molecular weight is 738 g/mol. The van der Waals surface area contributed by atoms with Crippen LogP contribution in [-0.2, 0) is 24.1 Å². The first-order chi connectivity index (χ1) is 23.6. The van der Waals surface area contributed by atoms with Crippen LogP contribution in [0.1, 0.15) is 25.0 Å². The maximum absolute atomic E-state index is 15.4. The number of benzene rings is 3. The van der Waals surface area contributed by atoms with E-state index in [0.29, 0.717) is 11.6 Å². The molecule has 4 aromatic rings. The van der Waals surface area contributed by atoms with E-state index < -0.39 is 75.5 Å². The summed E-state index contributed by atoms with van der Waals surface area (Å²) in [6.07, 6.45) is -7.10. The van der Waals surface area contributed by atoms with Gasteiger partial charge in [0.05, 0.1) is 34.2 Å². The van der Waals surface area contributed by atoms with Gasteiger partial charge in [-0.15, -0.1) is 11.8 Å². The van der Waals surface area contributed by atoms with Gasteiger partial charge in [-0.1, -0.05) is 41.9 Å². The molecule has 2 aliphatic heterocycles. The molecule has 0 bridgehead atoms. The number of hydrogen-bond donors (Lipinski definition) is 2. The highest BCUT2D eigenvalue weighted by Gasteiger charge is 2.40. The van der Waals surface area contributed by atoms with Crippen LogP contribution in [0.25, 0.3) is 22.0 Å². The molecule has 0 spiro atoms. The van der Waals surface area contributed by atoms with Gasteiger partial charge in [-0.25, -0.2) is 23.2 Å². The van der Waals surface area contributed by atoms with Gasteiger partial charge in [0.2, 0.25) is 0 Å². The fourth-order valence-electron chi connectivity index (χ4n) is 6.50. The van der Waals surface area contributed by atoms with Gasteiger partial charge in [0.15, 0.2) is 0 Å². The number of anilines is 1. The number of carboxylic acid groups (broad SMARTS) is 1. The number of alkyl halides is 3. The van der Waals surface area contributed by atoms with E-state index in [2.05, 4.69) is 10.3 Å². The smallest absolute Gasteiger partial charge is 0.417 e. The van der Waals surface area contributed by atoms with E-state index in [0.717, 1.165) is 28.5 Å². The number of carbonyl (C=O) groups excluding carboxylic acids is 1. The Bertz CT molecular complexity index is 2040. The number of ether oxygens (including phenoxy) is 1. The number of amides is 2. The molecule has 3 aromatic carbocycles. The molecule has 3 atom stereocenters. The molecule has 10 nitrogen and oxygen atoms in total. The average Bonchev–Trinajstić information content (AvgIpc) is 3.23. The highest BCUT2D eigenvalue weighted by Crippen LogP contribution is 2.49. The van der Waals surface area contributed by atoms with Crippen molar-refractivity contribution in [3.63, 3.8) is 0 Å². The lowest BCUT2D eigenvalue weighted by molar-refractivity contribution is -0.137. The Morgan fingerprint density at radius 3 is 2.38 bits per heavy atom. The van der Waals surface area contributed by atoms with Gasteiger partial charge in [0.1, 0.15) is 24.1 Å². The predicted molar refractivity (Wildman–Crippen MR) is 177 cm³/mol. The molecular formula is C33H29ClF5N5O5S. The molecule has 17 heteroatoms. The lowest BCUT2D eigenvalue weighted by atomic mass is 9.95. The Morgan fingerprint density at radius 2 is 1.74 bits per heavy atom. The first kappa shape index (κ1) is 35.3. The topological polar surface area (TPSA) is 117 Å². The van der Waals surface area contributed by atoms with Gasteiger partial charge in [-0.05, 0) is 31.5 Å². The minimum Gasteiger partial charge on any atom is -0.465 e. The summed E-state index contributed by atoms with van der Waals surface area (Å²) in [6, 6.07) is 8.64.